The zero-order chi connectivity index (χ0) is 19.6. The Labute approximate surface area is 165 Å². The molecule has 3 heterocycles. The molecule has 2 aliphatic rings. The third-order valence-electron chi connectivity index (χ3n) is 5.19. The number of alkyl halides is 1. The molecule has 1 aromatic heterocycles. The molecular formula is C21H27FN4O2. The van der Waals surface area contributed by atoms with E-state index in [0.29, 0.717) is 5.75 Å². The predicted octanol–water partition coefficient (Wildman–Crippen LogP) is 3.32. The summed E-state index contributed by atoms with van der Waals surface area (Å²) < 4.78 is 24.3. The minimum Gasteiger partial charge on any atom is -0.490 e. The van der Waals surface area contributed by atoms with Crippen LogP contribution in [0.4, 0.5) is 10.2 Å². The summed E-state index contributed by atoms with van der Waals surface area (Å²) in [5.41, 5.74) is 0.862. The van der Waals surface area contributed by atoms with E-state index in [1.807, 2.05) is 36.4 Å². The monoisotopic (exact) mass is 386 g/mol. The Morgan fingerprint density at radius 2 is 2.00 bits per heavy atom. The molecule has 0 bridgehead atoms. The summed E-state index contributed by atoms with van der Waals surface area (Å²) in [7, 11) is 0. The lowest BCUT2D eigenvalue weighted by Crippen LogP contribution is -2.50. The van der Waals surface area contributed by atoms with Gasteiger partial charge in [-0.25, -0.2) is 9.37 Å². The number of nitrogens with zero attached hydrogens (tertiary/aromatic N) is 3. The standard InChI is InChI=1S/C21H27FN4O2/c1-3-25-11-18-20(26(4-2)15-25)24-19(23-18)10-7-16-5-8-17(9-6-16)28-14-21(22)12-27-13-21/h5-10H,3-4,11-15H2,1-2H3,(H,23,24)/b10-7+. The first-order valence-electron chi connectivity index (χ1n) is 9.82. The Bertz CT molecular complexity index is 829. The zero-order valence-corrected chi connectivity index (χ0v) is 16.4. The molecule has 4 rings (SSSR count). The molecule has 0 aliphatic carbocycles. The van der Waals surface area contributed by atoms with Gasteiger partial charge in [-0.1, -0.05) is 25.1 Å². The van der Waals surface area contributed by atoms with Crippen LogP contribution in [0.5, 0.6) is 5.75 Å². The molecule has 0 saturated carbocycles. The molecule has 150 valence electrons. The van der Waals surface area contributed by atoms with Gasteiger partial charge in [0.2, 0.25) is 0 Å². The molecule has 1 fully saturated rings. The van der Waals surface area contributed by atoms with Crippen LogP contribution in [0.15, 0.2) is 24.3 Å². The lowest BCUT2D eigenvalue weighted by molar-refractivity contribution is -0.146. The van der Waals surface area contributed by atoms with Crippen LogP contribution in [0.1, 0.15) is 30.9 Å². The van der Waals surface area contributed by atoms with Gasteiger partial charge in [0, 0.05) is 13.1 Å². The van der Waals surface area contributed by atoms with Crippen molar-refractivity contribution in [3.63, 3.8) is 0 Å². The van der Waals surface area contributed by atoms with Crippen molar-refractivity contribution in [3.8, 4) is 5.75 Å². The van der Waals surface area contributed by atoms with Gasteiger partial charge in [-0.05, 0) is 37.2 Å². The number of benzene rings is 1. The first-order valence-corrected chi connectivity index (χ1v) is 9.82. The van der Waals surface area contributed by atoms with Gasteiger partial charge in [0.25, 0.3) is 0 Å². The van der Waals surface area contributed by atoms with Gasteiger partial charge < -0.3 is 19.4 Å². The average Bonchev–Trinajstić information content (AvgIpc) is 3.12. The topological polar surface area (TPSA) is 53.6 Å². The normalized spacial score (nSPS) is 18.9. The van der Waals surface area contributed by atoms with Crippen LogP contribution in [-0.2, 0) is 11.3 Å². The second kappa shape index (κ2) is 7.93. The van der Waals surface area contributed by atoms with Crippen molar-refractivity contribution in [2.24, 2.45) is 0 Å². The van der Waals surface area contributed by atoms with E-state index in [-0.39, 0.29) is 19.8 Å². The highest BCUT2D eigenvalue weighted by Gasteiger charge is 2.39. The molecule has 28 heavy (non-hydrogen) atoms. The highest BCUT2D eigenvalue weighted by molar-refractivity contribution is 5.68. The molecule has 0 radical (unpaired) electrons. The summed E-state index contributed by atoms with van der Waals surface area (Å²) in [4.78, 5) is 12.9. The van der Waals surface area contributed by atoms with E-state index >= 15 is 0 Å². The predicted molar refractivity (Wildman–Crippen MR) is 108 cm³/mol. The second-order valence-electron chi connectivity index (χ2n) is 7.40. The largest absolute Gasteiger partial charge is 0.490 e. The van der Waals surface area contributed by atoms with Crippen molar-refractivity contribution in [3.05, 3.63) is 41.3 Å². The molecular weight excluding hydrogens is 359 g/mol. The number of rotatable bonds is 7. The number of halogens is 1. The Balaban J connectivity index is 1.40. The van der Waals surface area contributed by atoms with Crippen LogP contribution in [0, 0.1) is 0 Å². The van der Waals surface area contributed by atoms with Crippen LogP contribution >= 0.6 is 0 Å². The highest BCUT2D eigenvalue weighted by atomic mass is 19.1. The van der Waals surface area contributed by atoms with Crippen LogP contribution in [-0.4, -0.2) is 60.1 Å². The third kappa shape index (κ3) is 4.05. The van der Waals surface area contributed by atoms with E-state index in [4.69, 9.17) is 14.5 Å². The van der Waals surface area contributed by atoms with Crippen LogP contribution < -0.4 is 9.64 Å². The van der Waals surface area contributed by atoms with E-state index in [0.717, 1.165) is 43.5 Å². The first-order chi connectivity index (χ1) is 13.6. The van der Waals surface area contributed by atoms with Gasteiger partial charge >= 0.3 is 0 Å². The molecule has 0 atom stereocenters. The summed E-state index contributed by atoms with van der Waals surface area (Å²) in [6, 6.07) is 7.61. The quantitative estimate of drug-likeness (QED) is 0.791. The summed E-state index contributed by atoms with van der Waals surface area (Å²) in [5.74, 6) is 2.56. The van der Waals surface area contributed by atoms with Crippen molar-refractivity contribution >= 4 is 18.0 Å². The fraction of sp³-hybridized carbons (Fsp3) is 0.476. The molecule has 0 spiro atoms. The Morgan fingerprint density at radius 3 is 2.64 bits per heavy atom. The number of aromatic nitrogens is 2. The van der Waals surface area contributed by atoms with Gasteiger partial charge in [0.1, 0.15) is 18.2 Å². The molecule has 2 aromatic rings. The van der Waals surface area contributed by atoms with E-state index < -0.39 is 5.67 Å². The van der Waals surface area contributed by atoms with Gasteiger partial charge in [0.05, 0.1) is 25.6 Å². The minimum atomic E-state index is -1.34. The minimum absolute atomic E-state index is 0.0306. The molecule has 6 nitrogen and oxygen atoms in total. The second-order valence-corrected chi connectivity index (χ2v) is 7.40. The number of hydrogen-bond acceptors (Lipinski definition) is 5. The van der Waals surface area contributed by atoms with Crippen LogP contribution in [0.3, 0.4) is 0 Å². The number of anilines is 1. The van der Waals surface area contributed by atoms with Crippen molar-refractivity contribution < 1.29 is 13.9 Å². The maximum atomic E-state index is 13.9. The smallest absolute Gasteiger partial charge is 0.190 e. The Morgan fingerprint density at radius 1 is 1.21 bits per heavy atom. The number of H-pyrrole nitrogens is 1. The number of fused-ring (bicyclic) bond motifs is 1. The maximum Gasteiger partial charge on any atom is 0.190 e. The van der Waals surface area contributed by atoms with Gasteiger partial charge in [-0.15, -0.1) is 0 Å². The molecule has 2 aliphatic heterocycles. The number of imidazole rings is 1. The summed E-state index contributed by atoms with van der Waals surface area (Å²) in [5, 5.41) is 0. The summed E-state index contributed by atoms with van der Waals surface area (Å²) >= 11 is 0. The van der Waals surface area contributed by atoms with Crippen molar-refractivity contribution in [2.75, 3.05) is 44.5 Å². The van der Waals surface area contributed by atoms with Crippen LogP contribution in [0.2, 0.25) is 0 Å². The van der Waals surface area contributed by atoms with Gasteiger partial charge in [0.15, 0.2) is 11.5 Å². The van der Waals surface area contributed by atoms with Crippen LogP contribution in [0.25, 0.3) is 12.2 Å². The lowest BCUT2D eigenvalue weighted by Gasteiger charge is -2.34. The maximum absolute atomic E-state index is 13.9. The average molecular weight is 386 g/mol. The fourth-order valence-corrected chi connectivity index (χ4v) is 3.38. The lowest BCUT2D eigenvalue weighted by atomic mass is 10.1. The third-order valence-corrected chi connectivity index (χ3v) is 5.19. The van der Waals surface area contributed by atoms with E-state index in [2.05, 4.69) is 28.6 Å². The van der Waals surface area contributed by atoms with E-state index in [1.165, 1.54) is 5.69 Å². The molecule has 1 N–H and O–H groups in total. The first kappa shape index (κ1) is 19.0. The molecule has 0 amide bonds. The SMILES string of the molecule is CCN1Cc2[nH]c(/C=C/c3ccc(OCC4(F)COC4)cc3)nc2N(CC)C1. The molecule has 1 saturated heterocycles. The molecule has 7 heteroatoms. The summed E-state index contributed by atoms with van der Waals surface area (Å²) in [6.07, 6.45) is 4.00. The van der Waals surface area contributed by atoms with Crippen molar-refractivity contribution in [1.29, 1.82) is 0 Å². The molecule has 0 unspecified atom stereocenters. The van der Waals surface area contributed by atoms with E-state index in [9.17, 15) is 4.39 Å². The number of nitrogens with one attached hydrogen (secondary N) is 1. The van der Waals surface area contributed by atoms with E-state index in [1.54, 1.807) is 0 Å². The number of ether oxygens (including phenoxy) is 2. The van der Waals surface area contributed by atoms with Gasteiger partial charge in [-0.2, -0.15) is 0 Å². The van der Waals surface area contributed by atoms with Crippen molar-refractivity contribution in [2.45, 2.75) is 26.1 Å². The Kier molecular flexibility index (Phi) is 5.37. The highest BCUT2D eigenvalue weighted by Crippen LogP contribution is 2.26. The van der Waals surface area contributed by atoms with Gasteiger partial charge in [-0.3, -0.25) is 4.90 Å². The molecule has 1 aromatic carbocycles. The fourth-order valence-electron chi connectivity index (χ4n) is 3.38. The van der Waals surface area contributed by atoms with Crippen molar-refractivity contribution in [1.82, 2.24) is 14.9 Å². The Hall–Kier alpha value is -2.38. The zero-order valence-electron chi connectivity index (χ0n) is 16.4. The number of aromatic amines is 1. The number of hydrogen-bond donors (Lipinski definition) is 1. The summed E-state index contributed by atoms with van der Waals surface area (Å²) in [6.45, 7) is 8.37.